The molecule has 1 aliphatic heterocycles. The van der Waals surface area contributed by atoms with E-state index in [1.54, 1.807) is 6.08 Å². The van der Waals surface area contributed by atoms with E-state index in [-0.39, 0.29) is 12.5 Å². The van der Waals surface area contributed by atoms with Crippen molar-refractivity contribution in [3.05, 3.63) is 97.2 Å². The molecule has 6 N–H and O–H groups in total. The van der Waals surface area contributed by atoms with Gasteiger partial charge in [-0.05, 0) is 77.0 Å². The minimum atomic E-state index is -1.57. The molecule has 1 saturated heterocycles. The van der Waals surface area contributed by atoms with Gasteiger partial charge < -0.3 is 40.3 Å². The lowest BCUT2D eigenvalue weighted by Crippen LogP contribution is -2.60. The molecule has 1 amide bonds. The Kier molecular flexibility index (Phi) is 40.6. The molecule has 9 heteroatoms. The van der Waals surface area contributed by atoms with Crippen LogP contribution in [0, 0.1) is 0 Å². The number of nitrogens with one attached hydrogen (secondary N) is 1. The van der Waals surface area contributed by atoms with Gasteiger partial charge in [0.05, 0.1) is 25.4 Å². The van der Waals surface area contributed by atoms with Gasteiger partial charge in [-0.3, -0.25) is 4.79 Å². The van der Waals surface area contributed by atoms with Crippen LogP contribution in [0.15, 0.2) is 97.2 Å². The molecule has 1 rings (SSSR count). The highest BCUT2D eigenvalue weighted by molar-refractivity contribution is 5.76. The van der Waals surface area contributed by atoms with Crippen LogP contribution in [0.25, 0.3) is 0 Å². The maximum absolute atomic E-state index is 12.9. The summed E-state index contributed by atoms with van der Waals surface area (Å²) in [5.41, 5.74) is 0. The lowest BCUT2D eigenvalue weighted by atomic mass is 9.99. The summed E-state index contributed by atoms with van der Waals surface area (Å²) >= 11 is 0. The van der Waals surface area contributed by atoms with Crippen LogP contribution in [0.2, 0.25) is 0 Å². The molecule has 0 saturated carbocycles. The number of allylic oxidation sites excluding steroid dienone is 15. The molecule has 366 valence electrons. The average molecular weight is 896 g/mol. The third-order valence-electron chi connectivity index (χ3n) is 11.4. The number of hydrogen-bond donors (Lipinski definition) is 6. The third kappa shape index (κ3) is 33.6. The quantitative estimate of drug-likeness (QED) is 0.0262. The summed E-state index contributed by atoms with van der Waals surface area (Å²) in [5, 5.41) is 53.9. The molecule has 0 radical (unpaired) electrons. The second kappa shape index (κ2) is 44.0. The molecule has 1 aliphatic rings. The van der Waals surface area contributed by atoms with E-state index in [9.17, 15) is 30.3 Å². The number of carbonyl (C=O) groups excluding carboxylic acids is 1. The highest BCUT2D eigenvalue weighted by Crippen LogP contribution is 2.22. The molecular weight excluding hydrogens is 803 g/mol. The molecule has 1 heterocycles. The summed E-state index contributed by atoms with van der Waals surface area (Å²) in [5.74, 6) is -0.189. The second-order valence-corrected chi connectivity index (χ2v) is 17.2. The van der Waals surface area contributed by atoms with Gasteiger partial charge in [0.25, 0.3) is 0 Å². The minimum absolute atomic E-state index is 0.189. The van der Waals surface area contributed by atoms with Gasteiger partial charge in [0.15, 0.2) is 6.29 Å². The van der Waals surface area contributed by atoms with Gasteiger partial charge in [0, 0.05) is 6.42 Å². The number of carbonyl (C=O) groups is 1. The highest BCUT2D eigenvalue weighted by Gasteiger charge is 2.44. The van der Waals surface area contributed by atoms with Crippen molar-refractivity contribution in [2.45, 2.75) is 230 Å². The van der Waals surface area contributed by atoms with E-state index in [1.807, 2.05) is 6.08 Å². The predicted octanol–water partition coefficient (Wildman–Crippen LogP) is 11.7. The van der Waals surface area contributed by atoms with Crippen molar-refractivity contribution >= 4 is 5.91 Å². The fraction of sp³-hybridized carbons (Fsp3) is 0.691. The first-order valence-corrected chi connectivity index (χ1v) is 25.5. The highest BCUT2D eigenvalue weighted by atomic mass is 16.7. The Balaban J connectivity index is 2.07. The maximum atomic E-state index is 12.9. The maximum Gasteiger partial charge on any atom is 0.220 e. The Bertz CT molecular complexity index is 1320. The molecule has 64 heavy (non-hydrogen) atoms. The van der Waals surface area contributed by atoms with Gasteiger partial charge in [-0.2, -0.15) is 0 Å². The Labute approximate surface area is 390 Å². The van der Waals surface area contributed by atoms with Crippen molar-refractivity contribution in [3.8, 4) is 0 Å². The smallest absolute Gasteiger partial charge is 0.220 e. The van der Waals surface area contributed by atoms with Crippen LogP contribution in [0.5, 0.6) is 0 Å². The zero-order chi connectivity index (χ0) is 46.6. The zero-order valence-corrected chi connectivity index (χ0v) is 40.2. The van der Waals surface area contributed by atoms with Crippen LogP contribution in [0.4, 0.5) is 0 Å². The van der Waals surface area contributed by atoms with Crippen molar-refractivity contribution < 1.29 is 39.8 Å². The van der Waals surface area contributed by atoms with Gasteiger partial charge in [-0.25, -0.2) is 0 Å². The van der Waals surface area contributed by atoms with Crippen LogP contribution >= 0.6 is 0 Å². The van der Waals surface area contributed by atoms with E-state index in [2.05, 4.69) is 104 Å². The number of hydrogen-bond acceptors (Lipinski definition) is 8. The first-order valence-electron chi connectivity index (χ1n) is 25.5. The Hall–Kier alpha value is -2.89. The second-order valence-electron chi connectivity index (χ2n) is 17.2. The normalized spacial score (nSPS) is 20.9. The number of aliphatic hydroxyl groups excluding tert-OH is 5. The summed E-state index contributed by atoms with van der Waals surface area (Å²) < 4.78 is 11.1. The van der Waals surface area contributed by atoms with E-state index in [0.29, 0.717) is 6.42 Å². The van der Waals surface area contributed by atoms with E-state index >= 15 is 0 Å². The Morgan fingerprint density at radius 1 is 0.547 bits per heavy atom. The van der Waals surface area contributed by atoms with E-state index < -0.39 is 49.5 Å². The molecule has 0 spiro atoms. The first kappa shape index (κ1) is 59.1. The number of unbranched alkanes of at least 4 members (excludes halogenated alkanes) is 17. The van der Waals surface area contributed by atoms with Crippen molar-refractivity contribution in [1.82, 2.24) is 5.32 Å². The van der Waals surface area contributed by atoms with Crippen LogP contribution in [-0.2, 0) is 14.3 Å². The summed E-state index contributed by atoms with van der Waals surface area (Å²) in [6, 6.07) is -0.806. The molecule has 0 aliphatic carbocycles. The van der Waals surface area contributed by atoms with Crippen LogP contribution in [0.1, 0.15) is 187 Å². The SMILES string of the molecule is CC/C=C\C/C=C\C/C=C\C/C=C\C/C=C\C/C=C\C/C=C\CCCCCCCCCCCCCCCC(=O)NC(COC1OC(CO)C(O)C(O)C1O)C(O)/C=C/CCCCCC. The largest absolute Gasteiger partial charge is 0.394 e. The van der Waals surface area contributed by atoms with Gasteiger partial charge in [-0.1, -0.05) is 201 Å². The monoisotopic (exact) mass is 896 g/mol. The molecule has 0 bridgehead atoms. The van der Waals surface area contributed by atoms with Gasteiger partial charge in [-0.15, -0.1) is 0 Å². The predicted molar refractivity (Wildman–Crippen MR) is 267 cm³/mol. The molecular formula is C55H93NO8. The number of ether oxygens (including phenoxy) is 2. The Morgan fingerprint density at radius 3 is 1.44 bits per heavy atom. The fourth-order valence-corrected chi connectivity index (χ4v) is 7.37. The van der Waals surface area contributed by atoms with E-state index in [4.69, 9.17) is 9.47 Å². The molecule has 0 aromatic carbocycles. The summed E-state index contributed by atoms with van der Waals surface area (Å²) in [4.78, 5) is 12.9. The van der Waals surface area contributed by atoms with Gasteiger partial charge >= 0.3 is 0 Å². The van der Waals surface area contributed by atoms with Crippen molar-refractivity contribution in [3.63, 3.8) is 0 Å². The molecule has 1 fully saturated rings. The minimum Gasteiger partial charge on any atom is -0.394 e. The van der Waals surface area contributed by atoms with Gasteiger partial charge in [0.1, 0.15) is 24.4 Å². The van der Waals surface area contributed by atoms with Crippen LogP contribution < -0.4 is 5.32 Å². The first-order chi connectivity index (χ1) is 31.3. The average Bonchev–Trinajstić information content (AvgIpc) is 3.29. The lowest BCUT2D eigenvalue weighted by molar-refractivity contribution is -0.302. The van der Waals surface area contributed by atoms with E-state index in [1.165, 1.54) is 70.6 Å². The lowest BCUT2D eigenvalue weighted by Gasteiger charge is -2.40. The topological polar surface area (TPSA) is 149 Å². The van der Waals surface area contributed by atoms with Crippen LogP contribution in [-0.4, -0.2) is 87.5 Å². The standard InChI is InChI=1S/C55H93NO8/c1-3-5-7-9-11-12-13-14-15-16-17-18-19-20-21-22-23-24-25-26-27-28-29-30-31-32-33-34-35-36-37-38-39-41-43-45-51(59)56-48(49(58)44-42-40-10-8-6-4-2)47-63-55-54(62)53(61)52(60)50(46-57)64-55/h5,7,11-12,14-15,17-18,20-21,23-24,26-27,42,44,48-50,52-55,57-58,60-62H,3-4,6,8-10,13,16,19,22,25,28-41,43,45-47H2,1-2H3,(H,56,59)/b7-5-,12-11-,15-14-,18-17-,21-20-,24-23-,27-26-,44-42+. The van der Waals surface area contributed by atoms with Crippen molar-refractivity contribution in [2.24, 2.45) is 0 Å². The van der Waals surface area contributed by atoms with E-state index in [0.717, 1.165) is 96.3 Å². The molecule has 0 aromatic rings. The molecule has 7 unspecified atom stereocenters. The van der Waals surface area contributed by atoms with Crippen molar-refractivity contribution in [2.75, 3.05) is 13.2 Å². The third-order valence-corrected chi connectivity index (χ3v) is 11.4. The van der Waals surface area contributed by atoms with Crippen molar-refractivity contribution in [1.29, 1.82) is 0 Å². The molecule has 0 aromatic heterocycles. The van der Waals surface area contributed by atoms with Gasteiger partial charge in [0.2, 0.25) is 5.91 Å². The summed E-state index contributed by atoms with van der Waals surface area (Å²) in [6.45, 7) is 3.55. The van der Waals surface area contributed by atoms with Crippen LogP contribution in [0.3, 0.4) is 0 Å². The summed E-state index contributed by atoms with van der Waals surface area (Å²) in [6.07, 6.45) is 56.5. The number of aliphatic hydroxyl groups is 5. The fourth-order valence-electron chi connectivity index (χ4n) is 7.37. The number of rotatable bonds is 41. The zero-order valence-electron chi connectivity index (χ0n) is 40.2. The Morgan fingerprint density at radius 2 is 0.969 bits per heavy atom. The number of amides is 1. The molecule has 7 atom stereocenters. The summed E-state index contributed by atoms with van der Waals surface area (Å²) in [7, 11) is 0. The molecule has 9 nitrogen and oxygen atoms in total.